The highest BCUT2D eigenvalue weighted by atomic mass is 16.3. The molecule has 0 radical (unpaired) electrons. The van der Waals surface area contributed by atoms with Gasteiger partial charge >= 0.3 is 0 Å². The third-order valence-electron chi connectivity index (χ3n) is 6.62. The lowest BCUT2D eigenvalue weighted by atomic mass is 9.48. The molecule has 0 atom stereocenters. The summed E-state index contributed by atoms with van der Waals surface area (Å²) in [7, 11) is 0. The average Bonchev–Trinajstić information content (AvgIpc) is 2.55. The molecule has 2 heteroatoms. The van der Waals surface area contributed by atoms with E-state index in [1.165, 1.54) is 44.1 Å². The monoisotopic (exact) mass is 305 g/mol. The predicted octanol–water partition coefficient (Wildman–Crippen LogP) is 4.92. The van der Waals surface area contributed by atoms with E-state index in [-0.39, 0.29) is 0 Å². The fraction of sp³-hybridized carbons (Fsp3) is 0.476. The number of hydrogen-bond donors (Lipinski definition) is 1. The van der Waals surface area contributed by atoms with Gasteiger partial charge in [-0.1, -0.05) is 12.1 Å². The van der Waals surface area contributed by atoms with E-state index in [1.807, 2.05) is 24.4 Å². The van der Waals surface area contributed by atoms with Crippen molar-refractivity contribution in [3.8, 4) is 16.9 Å². The minimum absolute atomic E-state index is 0.367. The normalized spacial score (nSPS) is 34.7. The molecular formula is C21H23NO. The molecule has 0 unspecified atom stereocenters. The van der Waals surface area contributed by atoms with Crippen LogP contribution in [-0.4, -0.2) is 10.1 Å². The molecule has 1 aromatic carbocycles. The van der Waals surface area contributed by atoms with E-state index < -0.39 is 0 Å². The topological polar surface area (TPSA) is 33.1 Å². The molecule has 0 amide bonds. The summed E-state index contributed by atoms with van der Waals surface area (Å²) in [4.78, 5) is 4.21. The maximum absolute atomic E-state index is 10.3. The number of aromatic nitrogens is 1. The summed E-state index contributed by atoms with van der Waals surface area (Å²) in [6.07, 6.45) is 12.1. The van der Waals surface area contributed by atoms with Crippen LogP contribution in [0.15, 0.2) is 42.7 Å². The summed E-state index contributed by atoms with van der Waals surface area (Å²) >= 11 is 0. The smallest absolute Gasteiger partial charge is 0.123 e. The Bertz CT molecular complexity index is 701. The van der Waals surface area contributed by atoms with Crippen molar-refractivity contribution in [2.75, 3.05) is 0 Å². The Hall–Kier alpha value is -1.83. The molecule has 23 heavy (non-hydrogen) atoms. The summed E-state index contributed by atoms with van der Waals surface area (Å²) < 4.78 is 0. The molecule has 2 nitrogen and oxygen atoms in total. The first-order chi connectivity index (χ1) is 11.2. The first-order valence-electron chi connectivity index (χ1n) is 8.96. The van der Waals surface area contributed by atoms with Gasteiger partial charge in [-0.05, 0) is 85.5 Å². The molecule has 2 aromatic rings. The van der Waals surface area contributed by atoms with Crippen molar-refractivity contribution in [1.29, 1.82) is 0 Å². The second kappa shape index (κ2) is 4.83. The Balaban J connectivity index is 1.59. The lowest BCUT2D eigenvalue weighted by molar-refractivity contribution is -0.00518. The van der Waals surface area contributed by atoms with Crippen LogP contribution in [0.5, 0.6) is 5.75 Å². The number of rotatable bonds is 2. The summed E-state index contributed by atoms with van der Waals surface area (Å²) in [5, 5.41) is 10.3. The van der Waals surface area contributed by atoms with Gasteiger partial charge in [-0.2, -0.15) is 0 Å². The number of phenols is 1. The van der Waals surface area contributed by atoms with Crippen LogP contribution >= 0.6 is 0 Å². The third kappa shape index (κ3) is 2.11. The van der Waals surface area contributed by atoms with Gasteiger partial charge in [0.15, 0.2) is 0 Å². The van der Waals surface area contributed by atoms with Gasteiger partial charge in [-0.25, -0.2) is 0 Å². The van der Waals surface area contributed by atoms with Crippen LogP contribution in [0, 0.1) is 17.8 Å². The molecule has 0 spiro atoms. The second-order valence-electron chi connectivity index (χ2n) is 8.17. The van der Waals surface area contributed by atoms with Gasteiger partial charge in [0.2, 0.25) is 0 Å². The van der Waals surface area contributed by atoms with Crippen molar-refractivity contribution in [3.05, 3.63) is 48.3 Å². The van der Waals surface area contributed by atoms with Gasteiger partial charge in [-0.3, -0.25) is 4.98 Å². The first kappa shape index (κ1) is 13.6. The third-order valence-corrected chi connectivity index (χ3v) is 6.62. The van der Waals surface area contributed by atoms with Gasteiger partial charge in [0, 0.05) is 23.5 Å². The average molecular weight is 305 g/mol. The van der Waals surface area contributed by atoms with Crippen molar-refractivity contribution >= 4 is 0 Å². The minimum atomic E-state index is 0.367. The molecule has 1 heterocycles. The number of phenolic OH excluding ortho intramolecular Hbond substituents is 1. The van der Waals surface area contributed by atoms with E-state index in [9.17, 15) is 5.11 Å². The zero-order valence-electron chi connectivity index (χ0n) is 13.4. The van der Waals surface area contributed by atoms with Gasteiger partial charge in [0.25, 0.3) is 0 Å². The summed E-state index contributed by atoms with van der Waals surface area (Å²) in [6.45, 7) is 0. The number of benzene rings is 1. The molecule has 4 saturated carbocycles. The van der Waals surface area contributed by atoms with E-state index >= 15 is 0 Å². The first-order valence-corrected chi connectivity index (χ1v) is 8.96. The van der Waals surface area contributed by atoms with Crippen LogP contribution in [0.4, 0.5) is 0 Å². The molecule has 4 aliphatic rings. The molecule has 1 N–H and O–H groups in total. The Morgan fingerprint density at radius 2 is 1.65 bits per heavy atom. The van der Waals surface area contributed by atoms with Crippen LogP contribution in [0.1, 0.15) is 44.1 Å². The highest BCUT2D eigenvalue weighted by Crippen LogP contribution is 2.61. The van der Waals surface area contributed by atoms with Gasteiger partial charge in [-0.15, -0.1) is 0 Å². The minimum Gasteiger partial charge on any atom is -0.507 e. The largest absolute Gasteiger partial charge is 0.507 e. The Morgan fingerprint density at radius 1 is 0.957 bits per heavy atom. The molecular weight excluding hydrogens is 282 g/mol. The molecule has 1 aromatic heterocycles. The second-order valence-corrected chi connectivity index (χ2v) is 8.17. The van der Waals surface area contributed by atoms with Crippen molar-refractivity contribution in [3.63, 3.8) is 0 Å². The Kier molecular flexibility index (Phi) is 2.86. The van der Waals surface area contributed by atoms with Crippen LogP contribution in [-0.2, 0) is 5.41 Å². The molecule has 118 valence electrons. The molecule has 6 rings (SSSR count). The Labute approximate surface area is 137 Å². The van der Waals surface area contributed by atoms with Crippen molar-refractivity contribution in [1.82, 2.24) is 4.98 Å². The molecule has 4 aliphatic carbocycles. The maximum atomic E-state index is 10.3. The van der Waals surface area contributed by atoms with E-state index in [1.54, 1.807) is 6.20 Å². The van der Waals surface area contributed by atoms with Gasteiger partial charge in [0.1, 0.15) is 5.75 Å². The number of pyridine rings is 1. The molecule has 0 saturated heterocycles. The highest BCUT2D eigenvalue weighted by molar-refractivity contribution is 5.70. The molecule has 0 aliphatic heterocycles. The molecule has 4 bridgehead atoms. The van der Waals surface area contributed by atoms with E-state index in [0.29, 0.717) is 11.2 Å². The van der Waals surface area contributed by atoms with Gasteiger partial charge in [0.05, 0.1) is 0 Å². The fourth-order valence-electron chi connectivity index (χ4n) is 6.08. The fourth-order valence-corrected chi connectivity index (χ4v) is 6.08. The quantitative estimate of drug-likeness (QED) is 0.854. The number of aromatic hydroxyl groups is 1. The zero-order valence-corrected chi connectivity index (χ0v) is 13.4. The van der Waals surface area contributed by atoms with E-state index in [4.69, 9.17) is 0 Å². The summed E-state index contributed by atoms with van der Waals surface area (Å²) in [6, 6.07) is 10.3. The van der Waals surface area contributed by atoms with E-state index in [2.05, 4.69) is 17.1 Å². The van der Waals surface area contributed by atoms with Crippen molar-refractivity contribution in [2.45, 2.75) is 43.9 Å². The lowest BCUT2D eigenvalue weighted by Crippen LogP contribution is -2.48. The van der Waals surface area contributed by atoms with E-state index in [0.717, 1.165) is 28.9 Å². The lowest BCUT2D eigenvalue weighted by Gasteiger charge is -2.57. The number of hydrogen-bond acceptors (Lipinski definition) is 2. The molecule has 4 fully saturated rings. The van der Waals surface area contributed by atoms with Crippen molar-refractivity contribution in [2.24, 2.45) is 17.8 Å². The van der Waals surface area contributed by atoms with Crippen LogP contribution in [0.25, 0.3) is 11.1 Å². The van der Waals surface area contributed by atoms with Crippen LogP contribution in [0.2, 0.25) is 0 Å². The number of nitrogens with zero attached hydrogens (tertiary/aromatic N) is 1. The predicted molar refractivity (Wildman–Crippen MR) is 91.2 cm³/mol. The van der Waals surface area contributed by atoms with Crippen LogP contribution in [0.3, 0.4) is 0 Å². The van der Waals surface area contributed by atoms with Crippen molar-refractivity contribution < 1.29 is 5.11 Å². The highest BCUT2D eigenvalue weighted by Gasteiger charge is 2.51. The Morgan fingerprint density at radius 3 is 2.26 bits per heavy atom. The summed E-state index contributed by atoms with van der Waals surface area (Å²) in [5.41, 5.74) is 3.77. The zero-order chi connectivity index (χ0) is 15.4. The van der Waals surface area contributed by atoms with Crippen LogP contribution < -0.4 is 0 Å². The van der Waals surface area contributed by atoms with Gasteiger partial charge < -0.3 is 5.11 Å². The standard InChI is InChI=1S/C21H23NO/c23-20-4-3-18(9-19(20)17-2-1-5-22-13-17)21-10-14-6-15(11-21)8-16(7-14)12-21/h1-5,9,13-16,23H,6-8,10-12H2. The maximum Gasteiger partial charge on any atom is 0.123 e. The summed E-state index contributed by atoms with van der Waals surface area (Å²) in [5.74, 6) is 3.19. The SMILES string of the molecule is Oc1ccc(C23CC4CC(CC(C4)C2)C3)cc1-c1cccnc1.